The largest absolute Gasteiger partial charge is 0.450 e. The predicted octanol–water partition coefficient (Wildman–Crippen LogP) is 3.09. The molecule has 1 fully saturated rings. The number of alkyl carbamates (subject to hydrolysis) is 1. The Morgan fingerprint density at radius 1 is 1.47 bits per heavy atom. The van der Waals surface area contributed by atoms with E-state index in [0.717, 1.165) is 31.6 Å². The van der Waals surface area contributed by atoms with Crippen molar-refractivity contribution in [2.45, 2.75) is 58.4 Å². The van der Waals surface area contributed by atoms with Gasteiger partial charge < -0.3 is 10.1 Å². The number of hydrogen-bond donors (Lipinski definition) is 1. The number of ether oxygens (including phenoxy) is 1. The van der Waals surface area contributed by atoms with Crippen LogP contribution in [-0.4, -0.2) is 18.7 Å². The first-order valence-electron chi connectivity index (χ1n) is 6.15. The quantitative estimate of drug-likeness (QED) is 0.729. The van der Waals surface area contributed by atoms with Gasteiger partial charge in [-0.3, -0.25) is 0 Å². The monoisotopic (exact) mass is 213 g/mol. The van der Waals surface area contributed by atoms with Gasteiger partial charge in [0.2, 0.25) is 0 Å². The van der Waals surface area contributed by atoms with Crippen LogP contribution in [0.2, 0.25) is 0 Å². The van der Waals surface area contributed by atoms with E-state index in [9.17, 15) is 4.79 Å². The average molecular weight is 213 g/mol. The molecule has 0 aromatic rings. The van der Waals surface area contributed by atoms with Gasteiger partial charge in [0.1, 0.15) is 0 Å². The molecule has 0 aliphatic heterocycles. The lowest BCUT2D eigenvalue weighted by molar-refractivity contribution is 0.136. The molecule has 1 rings (SSSR count). The number of unbranched alkanes of at least 4 members (excludes halogenated alkanes) is 1. The Kier molecular flexibility index (Phi) is 5.51. The van der Waals surface area contributed by atoms with Crippen molar-refractivity contribution >= 4 is 6.09 Å². The molecule has 1 aliphatic carbocycles. The number of amides is 1. The molecule has 1 saturated carbocycles. The van der Waals surface area contributed by atoms with E-state index >= 15 is 0 Å². The van der Waals surface area contributed by atoms with Gasteiger partial charge in [0.15, 0.2) is 0 Å². The second-order valence-electron chi connectivity index (χ2n) is 4.60. The van der Waals surface area contributed by atoms with E-state index in [4.69, 9.17) is 4.74 Å². The molecule has 15 heavy (non-hydrogen) atoms. The van der Waals surface area contributed by atoms with Crippen molar-refractivity contribution in [2.24, 2.45) is 5.92 Å². The summed E-state index contributed by atoms with van der Waals surface area (Å²) in [4.78, 5) is 11.4. The lowest BCUT2D eigenvalue weighted by Gasteiger charge is -2.27. The standard InChI is InChI=1S/C12H23NO2/c1-3-4-8-15-12(14)13-11-7-5-6-10(2)9-11/h10-11H,3-9H2,1-2H3,(H,13,14)/t10-,11+/m1/s1. The summed E-state index contributed by atoms with van der Waals surface area (Å²) in [5.41, 5.74) is 0. The van der Waals surface area contributed by atoms with Crippen LogP contribution in [0, 0.1) is 5.92 Å². The van der Waals surface area contributed by atoms with Crippen LogP contribution in [0.1, 0.15) is 52.4 Å². The third-order valence-corrected chi connectivity index (χ3v) is 2.99. The van der Waals surface area contributed by atoms with Crippen molar-refractivity contribution in [3.05, 3.63) is 0 Å². The highest BCUT2D eigenvalue weighted by molar-refractivity contribution is 5.67. The molecule has 88 valence electrons. The number of rotatable bonds is 4. The SMILES string of the molecule is CCCCOC(=O)N[C@H]1CCC[C@@H](C)C1. The minimum Gasteiger partial charge on any atom is -0.450 e. The molecule has 3 nitrogen and oxygen atoms in total. The molecular weight excluding hydrogens is 190 g/mol. The normalized spacial score (nSPS) is 26.0. The molecule has 1 amide bonds. The summed E-state index contributed by atoms with van der Waals surface area (Å²) >= 11 is 0. The highest BCUT2D eigenvalue weighted by Crippen LogP contribution is 2.23. The molecule has 0 saturated heterocycles. The Morgan fingerprint density at radius 3 is 2.93 bits per heavy atom. The second kappa shape index (κ2) is 6.70. The van der Waals surface area contributed by atoms with Gasteiger partial charge in [-0.25, -0.2) is 4.79 Å². The van der Waals surface area contributed by atoms with Crippen molar-refractivity contribution in [3.8, 4) is 0 Å². The Bertz CT molecular complexity index is 194. The average Bonchev–Trinajstić information content (AvgIpc) is 2.18. The molecule has 0 aromatic carbocycles. The fourth-order valence-corrected chi connectivity index (χ4v) is 2.08. The van der Waals surface area contributed by atoms with E-state index < -0.39 is 0 Å². The third-order valence-electron chi connectivity index (χ3n) is 2.99. The molecule has 0 spiro atoms. The maximum absolute atomic E-state index is 11.4. The number of nitrogens with one attached hydrogen (secondary N) is 1. The van der Waals surface area contributed by atoms with Gasteiger partial charge in [0, 0.05) is 6.04 Å². The molecule has 1 aliphatic rings. The summed E-state index contributed by atoms with van der Waals surface area (Å²) in [5, 5.41) is 2.95. The van der Waals surface area contributed by atoms with Crippen molar-refractivity contribution in [1.82, 2.24) is 5.32 Å². The molecule has 2 atom stereocenters. The van der Waals surface area contributed by atoms with Crippen LogP contribution in [0.4, 0.5) is 4.79 Å². The van der Waals surface area contributed by atoms with Gasteiger partial charge in [-0.15, -0.1) is 0 Å². The first-order valence-corrected chi connectivity index (χ1v) is 6.15. The summed E-state index contributed by atoms with van der Waals surface area (Å²) in [6, 6.07) is 0.336. The van der Waals surface area contributed by atoms with Gasteiger partial charge in [0.25, 0.3) is 0 Å². The van der Waals surface area contributed by atoms with E-state index in [1.807, 2.05) is 0 Å². The van der Waals surface area contributed by atoms with Crippen LogP contribution in [0.25, 0.3) is 0 Å². The molecule has 0 aromatic heterocycles. The summed E-state index contributed by atoms with van der Waals surface area (Å²) in [6.07, 6.45) is 6.50. The van der Waals surface area contributed by atoms with Gasteiger partial charge in [-0.05, 0) is 25.2 Å². The lowest BCUT2D eigenvalue weighted by atomic mass is 9.87. The van der Waals surface area contributed by atoms with Crippen molar-refractivity contribution in [2.75, 3.05) is 6.61 Å². The fraction of sp³-hybridized carbons (Fsp3) is 0.917. The molecular formula is C12H23NO2. The molecule has 0 unspecified atom stereocenters. The second-order valence-corrected chi connectivity index (χ2v) is 4.60. The van der Waals surface area contributed by atoms with Crippen LogP contribution >= 0.6 is 0 Å². The minimum atomic E-state index is -0.234. The maximum Gasteiger partial charge on any atom is 0.407 e. The highest BCUT2D eigenvalue weighted by Gasteiger charge is 2.20. The molecule has 3 heteroatoms. The number of hydrogen-bond acceptors (Lipinski definition) is 2. The van der Waals surface area contributed by atoms with Gasteiger partial charge in [-0.2, -0.15) is 0 Å². The van der Waals surface area contributed by atoms with Crippen LogP contribution < -0.4 is 5.32 Å². The minimum absolute atomic E-state index is 0.234. The summed E-state index contributed by atoms with van der Waals surface area (Å²) < 4.78 is 5.07. The molecule has 0 radical (unpaired) electrons. The van der Waals surface area contributed by atoms with Gasteiger partial charge in [-0.1, -0.05) is 33.1 Å². The van der Waals surface area contributed by atoms with Gasteiger partial charge >= 0.3 is 6.09 Å². The van der Waals surface area contributed by atoms with E-state index in [2.05, 4.69) is 19.2 Å². The van der Waals surface area contributed by atoms with Crippen LogP contribution in [0.5, 0.6) is 0 Å². The Morgan fingerprint density at radius 2 is 2.27 bits per heavy atom. The maximum atomic E-state index is 11.4. The molecule has 0 heterocycles. The number of carbonyl (C=O) groups is 1. The Labute approximate surface area is 92.6 Å². The summed E-state index contributed by atoms with van der Waals surface area (Å²) in [7, 11) is 0. The van der Waals surface area contributed by atoms with E-state index in [-0.39, 0.29) is 6.09 Å². The van der Waals surface area contributed by atoms with Gasteiger partial charge in [0.05, 0.1) is 6.61 Å². The topological polar surface area (TPSA) is 38.3 Å². The van der Waals surface area contributed by atoms with E-state index in [0.29, 0.717) is 12.6 Å². The van der Waals surface area contributed by atoms with Crippen LogP contribution in [0.15, 0.2) is 0 Å². The summed E-state index contributed by atoms with van der Waals surface area (Å²) in [6.45, 7) is 4.88. The Balaban J connectivity index is 2.13. The third kappa shape index (κ3) is 5.05. The first-order chi connectivity index (χ1) is 7.22. The molecule has 0 bridgehead atoms. The van der Waals surface area contributed by atoms with E-state index in [1.165, 1.54) is 12.8 Å². The highest BCUT2D eigenvalue weighted by atomic mass is 16.5. The van der Waals surface area contributed by atoms with Crippen molar-refractivity contribution in [3.63, 3.8) is 0 Å². The predicted molar refractivity (Wildman–Crippen MR) is 60.8 cm³/mol. The Hall–Kier alpha value is -0.730. The number of carbonyl (C=O) groups excluding carboxylic acids is 1. The lowest BCUT2D eigenvalue weighted by Crippen LogP contribution is -2.38. The first kappa shape index (κ1) is 12.3. The zero-order valence-corrected chi connectivity index (χ0v) is 9.92. The van der Waals surface area contributed by atoms with E-state index in [1.54, 1.807) is 0 Å². The molecule has 1 N–H and O–H groups in total. The van der Waals surface area contributed by atoms with Crippen molar-refractivity contribution < 1.29 is 9.53 Å². The zero-order chi connectivity index (χ0) is 11.1. The van der Waals surface area contributed by atoms with Crippen molar-refractivity contribution in [1.29, 1.82) is 0 Å². The van der Waals surface area contributed by atoms with Crippen LogP contribution in [-0.2, 0) is 4.74 Å². The van der Waals surface area contributed by atoms with Crippen LogP contribution in [0.3, 0.4) is 0 Å². The zero-order valence-electron chi connectivity index (χ0n) is 9.92. The fourth-order valence-electron chi connectivity index (χ4n) is 2.08. The summed E-state index contributed by atoms with van der Waals surface area (Å²) in [5.74, 6) is 0.736. The smallest absolute Gasteiger partial charge is 0.407 e.